The molecule has 1 aliphatic carbocycles. The first-order valence-electron chi connectivity index (χ1n) is 8.75. The number of hydrogen-bond donors (Lipinski definition) is 1. The van der Waals surface area contributed by atoms with Crippen LogP contribution in [0.4, 0.5) is 0 Å². The Morgan fingerprint density at radius 1 is 1.04 bits per heavy atom. The van der Waals surface area contributed by atoms with Crippen molar-refractivity contribution in [1.82, 2.24) is 5.32 Å². The molecule has 1 N–H and O–H groups in total. The summed E-state index contributed by atoms with van der Waals surface area (Å²) in [5.74, 6) is -0.459. The monoisotopic (exact) mass is 365 g/mol. The highest BCUT2D eigenvalue weighted by molar-refractivity contribution is 6.30. The lowest BCUT2D eigenvalue weighted by Gasteiger charge is -2.21. The summed E-state index contributed by atoms with van der Waals surface area (Å²) in [6.45, 7) is 0.353. The van der Waals surface area contributed by atoms with Crippen molar-refractivity contribution in [3.63, 3.8) is 0 Å². The fraction of sp³-hybridized carbons (Fsp3) is 0.526. The van der Waals surface area contributed by atoms with Gasteiger partial charge in [-0.05, 0) is 43.0 Å². The van der Waals surface area contributed by atoms with E-state index in [9.17, 15) is 14.4 Å². The van der Waals surface area contributed by atoms with E-state index in [2.05, 4.69) is 5.32 Å². The average Bonchev–Trinajstić information content (AvgIpc) is 2.64. The first kappa shape index (κ1) is 19.4. The molecule has 0 spiro atoms. The summed E-state index contributed by atoms with van der Waals surface area (Å²) in [5, 5.41) is 3.36. The van der Waals surface area contributed by atoms with Crippen molar-refractivity contribution in [2.45, 2.75) is 44.9 Å². The van der Waals surface area contributed by atoms with Gasteiger partial charge < -0.3 is 10.1 Å². The number of ether oxygens (including phenoxy) is 1. The first-order chi connectivity index (χ1) is 12.0. The van der Waals surface area contributed by atoms with Gasteiger partial charge >= 0.3 is 5.97 Å². The molecule has 1 saturated carbocycles. The van der Waals surface area contributed by atoms with Gasteiger partial charge in [0.1, 0.15) is 0 Å². The number of nitrogens with one attached hydrogen (secondary N) is 1. The smallest absolute Gasteiger partial charge is 0.306 e. The molecule has 0 aliphatic heterocycles. The molecule has 6 heteroatoms. The van der Waals surface area contributed by atoms with E-state index >= 15 is 0 Å². The highest BCUT2D eigenvalue weighted by Gasteiger charge is 2.15. The molecule has 136 valence electrons. The molecule has 2 rings (SSSR count). The van der Waals surface area contributed by atoms with Crippen LogP contribution in [0.2, 0.25) is 5.02 Å². The SMILES string of the molecule is O=C(COC(=O)CCC(=O)c1ccc(Cl)cc1)NCC1CCCCC1. The van der Waals surface area contributed by atoms with Crippen LogP contribution in [0.5, 0.6) is 0 Å². The van der Waals surface area contributed by atoms with E-state index in [1.165, 1.54) is 19.3 Å². The zero-order valence-electron chi connectivity index (χ0n) is 14.3. The molecule has 1 aromatic rings. The number of carbonyl (C=O) groups excluding carboxylic acids is 3. The lowest BCUT2D eigenvalue weighted by atomic mass is 9.89. The van der Waals surface area contributed by atoms with Crippen molar-refractivity contribution in [3.8, 4) is 0 Å². The predicted octanol–water partition coefficient (Wildman–Crippen LogP) is 3.54. The van der Waals surface area contributed by atoms with Crippen LogP contribution in [0.25, 0.3) is 0 Å². The third-order valence-corrected chi connectivity index (χ3v) is 4.65. The largest absolute Gasteiger partial charge is 0.456 e. The maximum absolute atomic E-state index is 11.9. The molecule has 1 aromatic carbocycles. The Bertz CT molecular complexity index is 594. The Morgan fingerprint density at radius 2 is 1.72 bits per heavy atom. The fourth-order valence-corrected chi connectivity index (χ4v) is 3.04. The van der Waals surface area contributed by atoms with E-state index in [0.717, 1.165) is 12.8 Å². The second-order valence-corrected chi connectivity index (χ2v) is 6.84. The molecule has 0 aromatic heterocycles. The Hall–Kier alpha value is -1.88. The van der Waals surface area contributed by atoms with Gasteiger partial charge in [0.25, 0.3) is 5.91 Å². The summed E-state index contributed by atoms with van der Waals surface area (Å²) < 4.78 is 4.92. The second-order valence-electron chi connectivity index (χ2n) is 6.40. The number of esters is 1. The molecule has 0 saturated heterocycles. The van der Waals surface area contributed by atoms with Gasteiger partial charge in [-0.25, -0.2) is 0 Å². The molecular weight excluding hydrogens is 342 g/mol. The zero-order chi connectivity index (χ0) is 18.1. The Morgan fingerprint density at radius 3 is 2.40 bits per heavy atom. The molecule has 5 nitrogen and oxygen atoms in total. The number of ketones is 1. The lowest BCUT2D eigenvalue weighted by Crippen LogP contribution is -2.33. The average molecular weight is 366 g/mol. The van der Waals surface area contributed by atoms with Gasteiger partial charge in [-0.1, -0.05) is 30.9 Å². The molecule has 0 unspecified atom stereocenters. The van der Waals surface area contributed by atoms with E-state index in [-0.39, 0.29) is 31.1 Å². The van der Waals surface area contributed by atoms with Crippen molar-refractivity contribution in [1.29, 1.82) is 0 Å². The predicted molar refractivity (Wildman–Crippen MR) is 95.6 cm³/mol. The third-order valence-electron chi connectivity index (χ3n) is 4.40. The van der Waals surface area contributed by atoms with Gasteiger partial charge in [-0.15, -0.1) is 0 Å². The highest BCUT2D eigenvalue weighted by Crippen LogP contribution is 2.22. The number of Topliss-reactive ketones (excluding diaryl/α,β-unsaturated/α-hetero) is 1. The number of halogens is 1. The van der Waals surface area contributed by atoms with Gasteiger partial charge in [0.2, 0.25) is 0 Å². The summed E-state index contributed by atoms with van der Waals surface area (Å²) in [6.07, 6.45) is 6.01. The minimum atomic E-state index is -0.546. The van der Waals surface area contributed by atoms with Crippen LogP contribution in [0.15, 0.2) is 24.3 Å². The summed E-state index contributed by atoms with van der Waals surface area (Å²) in [4.78, 5) is 35.3. The lowest BCUT2D eigenvalue weighted by molar-refractivity contribution is -0.148. The van der Waals surface area contributed by atoms with Crippen molar-refractivity contribution < 1.29 is 19.1 Å². The number of carbonyl (C=O) groups is 3. The summed E-state index contributed by atoms with van der Waals surface area (Å²) >= 11 is 5.77. The maximum Gasteiger partial charge on any atom is 0.306 e. The van der Waals surface area contributed by atoms with Crippen LogP contribution in [0.1, 0.15) is 55.3 Å². The van der Waals surface area contributed by atoms with E-state index in [4.69, 9.17) is 16.3 Å². The van der Waals surface area contributed by atoms with Crippen LogP contribution in [-0.2, 0) is 14.3 Å². The number of hydrogen-bond acceptors (Lipinski definition) is 4. The Labute approximate surface area is 153 Å². The van der Waals surface area contributed by atoms with Gasteiger partial charge in [-0.2, -0.15) is 0 Å². The highest BCUT2D eigenvalue weighted by atomic mass is 35.5. The standard InChI is InChI=1S/C19H24ClNO4/c20-16-8-6-15(7-9-16)17(22)10-11-19(24)25-13-18(23)21-12-14-4-2-1-3-5-14/h6-9,14H,1-5,10-13H2,(H,21,23). The minimum absolute atomic E-state index is 0.0443. The fourth-order valence-electron chi connectivity index (χ4n) is 2.91. The van der Waals surface area contributed by atoms with Gasteiger partial charge in [0, 0.05) is 23.6 Å². The minimum Gasteiger partial charge on any atom is -0.456 e. The Balaban J connectivity index is 1.60. The third kappa shape index (κ3) is 7.26. The molecule has 1 aliphatic rings. The number of rotatable bonds is 8. The molecule has 0 radical (unpaired) electrons. The van der Waals surface area contributed by atoms with Crippen molar-refractivity contribution in [3.05, 3.63) is 34.9 Å². The molecule has 0 bridgehead atoms. The van der Waals surface area contributed by atoms with Crippen LogP contribution in [0, 0.1) is 5.92 Å². The van der Waals surface area contributed by atoms with Gasteiger partial charge in [0.05, 0.1) is 6.42 Å². The van der Waals surface area contributed by atoms with Crippen LogP contribution in [0.3, 0.4) is 0 Å². The Kier molecular flexibility index (Phi) is 7.92. The summed E-state index contributed by atoms with van der Waals surface area (Å²) in [5.41, 5.74) is 0.502. The topological polar surface area (TPSA) is 72.5 Å². The van der Waals surface area contributed by atoms with E-state index in [1.54, 1.807) is 24.3 Å². The van der Waals surface area contributed by atoms with Gasteiger partial charge in [-0.3, -0.25) is 14.4 Å². The van der Waals surface area contributed by atoms with Crippen molar-refractivity contribution in [2.24, 2.45) is 5.92 Å². The zero-order valence-corrected chi connectivity index (χ0v) is 15.0. The molecule has 25 heavy (non-hydrogen) atoms. The van der Waals surface area contributed by atoms with Crippen LogP contribution in [-0.4, -0.2) is 30.8 Å². The van der Waals surface area contributed by atoms with Crippen LogP contribution >= 0.6 is 11.6 Å². The first-order valence-corrected chi connectivity index (χ1v) is 9.13. The summed E-state index contributed by atoms with van der Waals surface area (Å²) in [6, 6.07) is 6.50. The van der Waals surface area contributed by atoms with Gasteiger partial charge in [0.15, 0.2) is 12.4 Å². The van der Waals surface area contributed by atoms with Crippen LogP contribution < -0.4 is 5.32 Å². The quantitative estimate of drug-likeness (QED) is 0.565. The molecule has 0 atom stereocenters. The van der Waals surface area contributed by atoms with Crippen molar-refractivity contribution >= 4 is 29.3 Å². The normalized spacial score (nSPS) is 14.8. The number of amides is 1. The number of benzene rings is 1. The van der Waals surface area contributed by atoms with E-state index in [1.807, 2.05) is 0 Å². The summed E-state index contributed by atoms with van der Waals surface area (Å²) in [7, 11) is 0. The maximum atomic E-state index is 11.9. The van der Waals surface area contributed by atoms with E-state index in [0.29, 0.717) is 23.0 Å². The molecular formula is C19H24ClNO4. The van der Waals surface area contributed by atoms with E-state index < -0.39 is 5.97 Å². The molecule has 1 amide bonds. The second kappa shape index (κ2) is 10.2. The molecule has 0 heterocycles. The molecule has 1 fully saturated rings. The van der Waals surface area contributed by atoms with Crippen molar-refractivity contribution in [2.75, 3.05) is 13.2 Å².